The number of hydrogen-bond acceptors (Lipinski definition) is 2. The average Bonchev–Trinajstić information content (AvgIpc) is 2.72. The Hall–Kier alpha value is -1.60. The van der Waals surface area contributed by atoms with E-state index in [-0.39, 0.29) is 18.1 Å². The predicted octanol–water partition coefficient (Wildman–Crippen LogP) is 6.14. The summed E-state index contributed by atoms with van der Waals surface area (Å²) in [5.74, 6) is -0.117. The summed E-state index contributed by atoms with van der Waals surface area (Å²) in [5, 5.41) is 4.46. The molecule has 29 heavy (non-hydrogen) atoms. The fourth-order valence-corrected chi connectivity index (χ4v) is 4.08. The van der Waals surface area contributed by atoms with Gasteiger partial charge in [-0.05, 0) is 75.7 Å². The van der Waals surface area contributed by atoms with Gasteiger partial charge in [0.15, 0.2) is 0 Å². The summed E-state index contributed by atoms with van der Waals surface area (Å²) in [4.78, 5) is 12.9. The van der Waals surface area contributed by atoms with Crippen molar-refractivity contribution in [3.8, 4) is 0 Å². The van der Waals surface area contributed by atoms with Gasteiger partial charge in [0.05, 0.1) is 6.04 Å². The van der Waals surface area contributed by atoms with Crippen molar-refractivity contribution in [3.63, 3.8) is 0 Å². The van der Waals surface area contributed by atoms with Gasteiger partial charge in [-0.15, -0.1) is 0 Å². The molecular formula is C23H18Cl2INO2. The molecule has 0 radical (unpaired) electrons. The molecule has 3 atom stereocenters. The van der Waals surface area contributed by atoms with Crippen molar-refractivity contribution < 1.29 is 9.53 Å². The van der Waals surface area contributed by atoms with Crippen LogP contribution in [0.3, 0.4) is 0 Å². The molecule has 1 saturated heterocycles. The third-order valence-corrected chi connectivity index (χ3v) is 6.19. The van der Waals surface area contributed by atoms with Crippen LogP contribution in [0.4, 0.5) is 0 Å². The van der Waals surface area contributed by atoms with Crippen LogP contribution in [-0.4, -0.2) is 12.0 Å². The molecule has 1 aliphatic rings. The molecule has 0 saturated carbocycles. The van der Waals surface area contributed by atoms with Gasteiger partial charge in [-0.3, -0.25) is 4.79 Å². The van der Waals surface area contributed by atoms with Crippen LogP contribution in [0.25, 0.3) is 0 Å². The summed E-state index contributed by atoms with van der Waals surface area (Å²) in [7, 11) is 0. The number of carbonyl (C=O) groups excluding carboxylic acids is 1. The Morgan fingerprint density at radius 2 is 1.38 bits per heavy atom. The van der Waals surface area contributed by atoms with E-state index in [1.165, 1.54) is 0 Å². The number of rotatable bonds is 4. The van der Waals surface area contributed by atoms with Crippen LogP contribution < -0.4 is 5.32 Å². The van der Waals surface area contributed by atoms with E-state index in [4.69, 9.17) is 27.9 Å². The van der Waals surface area contributed by atoms with Crippen molar-refractivity contribution in [1.29, 1.82) is 0 Å². The first-order valence-corrected chi connectivity index (χ1v) is 11.0. The quantitative estimate of drug-likeness (QED) is 0.406. The summed E-state index contributed by atoms with van der Waals surface area (Å²) in [6.07, 6.45) is -0.389. The Labute approximate surface area is 193 Å². The minimum absolute atomic E-state index is 0.117. The fourth-order valence-electron chi connectivity index (χ4n) is 3.47. The maximum absolute atomic E-state index is 12.9. The molecule has 1 fully saturated rings. The van der Waals surface area contributed by atoms with Crippen LogP contribution in [-0.2, 0) is 16.0 Å². The SMILES string of the molecule is O=C1N[C@H](c2ccc(Cl)cc2)[C@H](c2ccc(Cl)cc2)O[C@H]1Cc1ccc(I)cc1. The Morgan fingerprint density at radius 3 is 1.97 bits per heavy atom. The number of nitrogens with one attached hydrogen (secondary N) is 1. The highest BCUT2D eigenvalue weighted by molar-refractivity contribution is 14.1. The summed E-state index contributed by atoms with van der Waals surface area (Å²) < 4.78 is 7.52. The number of carbonyl (C=O) groups is 1. The smallest absolute Gasteiger partial charge is 0.250 e. The molecule has 3 aromatic carbocycles. The van der Waals surface area contributed by atoms with E-state index < -0.39 is 6.10 Å². The third kappa shape index (κ3) is 4.94. The molecule has 0 unspecified atom stereocenters. The number of benzene rings is 3. The lowest BCUT2D eigenvalue weighted by atomic mass is 9.92. The van der Waals surface area contributed by atoms with Crippen molar-refractivity contribution in [1.82, 2.24) is 5.32 Å². The first kappa shape index (κ1) is 20.7. The molecule has 0 bridgehead atoms. The zero-order chi connectivity index (χ0) is 20.4. The second-order valence-electron chi connectivity index (χ2n) is 6.97. The first-order valence-electron chi connectivity index (χ1n) is 9.21. The molecule has 1 heterocycles. The zero-order valence-electron chi connectivity index (χ0n) is 15.3. The van der Waals surface area contributed by atoms with E-state index in [0.29, 0.717) is 16.5 Å². The molecular weight excluding hydrogens is 520 g/mol. The number of ether oxygens (including phenoxy) is 1. The maximum atomic E-state index is 12.9. The van der Waals surface area contributed by atoms with Crippen molar-refractivity contribution in [2.75, 3.05) is 0 Å². The molecule has 3 aromatic rings. The molecule has 4 rings (SSSR count). The van der Waals surface area contributed by atoms with E-state index in [9.17, 15) is 4.79 Å². The topological polar surface area (TPSA) is 38.3 Å². The van der Waals surface area contributed by atoms with Crippen molar-refractivity contribution in [3.05, 3.63) is 103 Å². The summed E-state index contributed by atoms with van der Waals surface area (Å²) in [6.45, 7) is 0. The van der Waals surface area contributed by atoms with Gasteiger partial charge in [0.25, 0.3) is 0 Å². The molecule has 0 aliphatic carbocycles. The highest BCUT2D eigenvalue weighted by atomic mass is 127. The first-order chi connectivity index (χ1) is 14.0. The number of hydrogen-bond donors (Lipinski definition) is 1. The van der Waals surface area contributed by atoms with Gasteiger partial charge in [0.1, 0.15) is 12.2 Å². The van der Waals surface area contributed by atoms with Crippen molar-refractivity contribution in [2.45, 2.75) is 24.7 Å². The molecule has 0 spiro atoms. The molecule has 1 amide bonds. The van der Waals surface area contributed by atoms with Gasteiger partial charge >= 0.3 is 0 Å². The Bertz CT molecular complexity index is 991. The van der Waals surface area contributed by atoms with E-state index in [2.05, 4.69) is 27.9 Å². The van der Waals surface area contributed by atoms with Gasteiger partial charge in [0.2, 0.25) is 5.91 Å². The van der Waals surface area contributed by atoms with Crippen LogP contribution in [0.1, 0.15) is 28.8 Å². The van der Waals surface area contributed by atoms with E-state index in [0.717, 1.165) is 20.3 Å². The Kier molecular flexibility index (Phi) is 6.44. The van der Waals surface area contributed by atoms with Crippen LogP contribution in [0.2, 0.25) is 10.0 Å². The fraction of sp³-hybridized carbons (Fsp3) is 0.174. The predicted molar refractivity (Wildman–Crippen MR) is 124 cm³/mol. The molecule has 1 aliphatic heterocycles. The van der Waals surface area contributed by atoms with E-state index in [1.54, 1.807) is 0 Å². The van der Waals surface area contributed by atoms with Crippen LogP contribution in [0.5, 0.6) is 0 Å². The zero-order valence-corrected chi connectivity index (χ0v) is 19.0. The second-order valence-corrected chi connectivity index (χ2v) is 9.08. The van der Waals surface area contributed by atoms with Crippen LogP contribution in [0.15, 0.2) is 72.8 Å². The lowest BCUT2D eigenvalue weighted by Gasteiger charge is -2.37. The molecule has 0 aromatic heterocycles. The standard InChI is InChI=1S/C23H18Cl2INO2/c24-17-7-3-15(4-8-17)21-22(16-5-9-18(25)10-6-16)29-20(23(28)27-21)13-14-1-11-19(26)12-2-14/h1-12,20-22H,13H2,(H,27,28)/t20-,21+,22-/m0/s1. The molecule has 1 N–H and O–H groups in total. The van der Waals surface area contributed by atoms with Crippen LogP contribution in [0, 0.1) is 3.57 Å². The summed E-state index contributed by atoms with van der Waals surface area (Å²) in [5.41, 5.74) is 2.96. The van der Waals surface area contributed by atoms with E-state index in [1.807, 2.05) is 72.8 Å². The highest BCUT2D eigenvalue weighted by Crippen LogP contribution is 2.37. The lowest BCUT2D eigenvalue weighted by Crippen LogP contribution is -2.48. The second kappa shape index (κ2) is 9.04. The molecule has 148 valence electrons. The van der Waals surface area contributed by atoms with Gasteiger partial charge in [-0.1, -0.05) is 59.6 Å². The third-order valence-electron chi connectivity index (χ3n) is 4.97. The van der Waals surface area contributed by atoms with Crippen LogP contribution >= 0.6 is 45.8 Å². The Morgan fingerprint density at radius 1 is 0.828 bits per heavy atom. The van der Waals surface area contributed by atoms with Gasteiger partial charge < -0.3 is 10.1 Å². The number of morpholine rings is 1. The largest absolute Gasteiger partial charge is 0.358 e. The molecule has 6 heteroatoms. The maximum Gasteiger partial charge on any atom is 0.250 e. The molecule has 3 nitrogen and oxygen atoms in total. The van der Waals surface area contributed by atoms with Gasteiger partial charge in [-0.25, -0.2) is 0 Å². The average molecular weight is 538 g/mol. The number of amides is 1. The summed E-state index contributed by atoms with van der Waals surface area (Å²) in [6, 6.07) is 22.8. The lowest BCUT2D eigenvalue weighted by molar-refractivity contribution is -0.150. The Balaban J connectivity index is 1.64. The van der Waals surface area contributed by atoms with E-state index >= 15 is 0 Å². The van der Waals surface area contributed by atoms with Gasteiger partial charge in [-0.2, -0.15) is 0 Å². The van der Waals surface area contributed by atoms with Crippen molar-refractivity contribution in [2.24, 2.45) is 0 Å². The normalized spacial score (nSPS) is 21.6. The highest BCUT2D eigenvalue weighted by Gasteiger charge is 2.38. The minimum Gasteiger partial charge on any atom is -0.358 e. The minimum atomic E-state index is -0.570. The number of halogens is 3. The van der Waals surface area contributed by atoms with Gasteiger partial charge in [0, 0.05) is 20.0 Å². The van der Waals surface area contributed by atoms with Crippen molar-refractivity contribution >= 4 is 51.7 Å². The summed E-state index contributed by atoms with van der Waals surface area (Å²) >= 11 is 14.4. The monoisotopic (exact) mass is 537 g/mol.